The summed E-state index contributed by atoms with van der Waals surface area (Å²) in [6, 6.07) is 13.4. The maximum Gasteiger partial charge on any atom is 0.416 e. The summed E-state index contributed by atoms with van der Waals surface area (Å²) in [7, 11) is 0. The minimum Gasteiger partial charge on any atom is -0.464 e. The minimum atomic E-state index is -4.50. The molecule has 0 saturated carbocycles. The molecule has 2 aromatic rings. The van der Waals surface area contributed by atoms with Crippen LogP contribution >= 0.6 is 0 Å². The van der Waals surface area contributed by atoms with Gasteiger partial charge in [-0.05, 0) is 23.8 Å². The van der Waals surface area contributed by atoms with Crippen LogP contribution in [0.25, 0.3) is 0 Å². The van der Waals surface area contributed by atoms with Gasteiger partial charge in [-0.3, -0.25) is 10.5 Å². The molecule has 2 aromatic carbocycles. The molecule has 0 aromatic heterocycles. The normalized spacial score (nSPS) is 13.8. The van der Waals surface area contributed by atoms with E-state index in [1.807, 2.05) is 30.3 Å². The van der Waals surface area contributed by atoms with E-state index in [2.05, 4.69) is 5.32 Å². The molecule has 0 aliphatic rings. The Morgan fingerprint density at radius 1 is 1.12 bits per heavy atom. The topological polar surface area (TPSA) is 64.3 Å². The Morgan fingerprint density at radius 3 is 2.40 bits per heavy atom. The number of ether oxygens (including phenoxy) is 1. The summed E-state index contributed by atoms with van der Waals surface area (Å²) in [6.45, 7) is 1.86. The van der Waals surface area contributed by atoms with E-state index in [0.29, 0.717) is 0 Å². The maximum absolute atomic E-state index is 12.8. The lowest BCUT2D eigenvalue weighted by Crippen LogP contribution is -2.57. The second-order valence-electron chi connectivity index (χ2n) is 5.54. The van der Waals surface area contributed by atoms with Crippen LogP contribution in [0.15, 0.2) is 54.6 Å². The van der Waals surface area contributed by atoms with Gasteiger partial charge in [-0.15, -0.1) is 0 Å². The van der Waals surface area contributed by atoms with Crippen LogP contribution in [0.3, 0.4) is 0 Å². The van der Waals surface area contributed by atoms with Gasteiger partial charge in [-0.1, -0.05) is 43.3 Å². The van der Waals surface area contributed by atoms with Gasteiger partial charge in [0.15, 0.2) is 0 Å². The first kappa shape index (κ1) is 18.8. The molecular weight excluding hydrogens is 333 g/mol. The number of halogens is 3. The molecule has 2 rings (SSSR count). The SMILES string of the molecule is CC[C@](N)(Oc1cccc(C(F)(F)F)c1)C(=O)NCc1ccccc1. The van der Waals surface area contributed by atoms with Crippen LogP contribution in [0.5, 0.6) is 5.75 Å². The first-order chi connectivity index (χ1) is 11.7. The van der Waals surface area contributed by atoms with Gasteiger partial charge in [0.2, 0.25) is 5.72 Å². The van der Waals surface area contributed by atoms with E-state index in [0.717, 1.165) is 17.7 Å². The fraction of sp³-hybridized carbons (Fsp3) is 0.278. The van der Waals surface area contributed by atoms with Gasteiger partial charge in [-0.25, -0.2) is 0 Å². The number of carbonyl (C=O) groups is 1. The summed E-state index contributed by atoms with van der Waals surface area (Å²) in [5.74, 6) is -0.717. The average molecular weight is 352 g/mol. The summed E-state index contributed by atoms with van der Waals surface area (Å²) < 4.78 is 43.8. The molecule has 1 atom stereocenters. The molecule has 0 aliphatic carbocycles. The summed E-state index contributed by atoms with van der Waals surface area (Å²) >= 11 is 0. The predicted octanol–water partition coefficient (Wildman–Crippen LogP) is 3.47. The van der Waals surface area contributed by atoms with Crippen molar-refractivity contribution in [3.63, 3.8) is 0 Å². The third kappa shape index (κ3) is 4.96. The zero-order chi connectivity index (χ0) is 18.5. The largest absolute Gasteiger partial charge is 0.464 e. The van der Waals surface area contributed by atoms with Crippen LogP contribution in [0.1, 0.15) is 24.5 Å². The Bertz CT molecular complexity index is 720. The molecule has 0 fully saturated rings. The Labute approximate surface area is 143 Å². The molecular formula is C18H19F3N2O2. The highest BCUT2D eigenvalue weighted by Gasteiger charge is 2.36. The van der Waals surface area contributed by atoms with Crippen molar-refractivity contribution in [2.75, 3.05) is 0 Å². The van der Waals surface area contributed by atoms with Crippen molar-refractivity contribution in [2.45, 2.75) is 31.8 Å². The van der Waals surface area contributed by atoms with Gasteiger partial charge in [0.1, 0.15) is 5.75 Å². The quantitative estimate of drug-likeness (QED) is 0.783. The van der Waals surface area contributed by atoms with Crippen molar-refractivity contribution >= 4 is 5.91 Å². The zero-order valence-corrected chi connectivity index (χ0v) is 13.6. The Hall–Kier alpha value is -2.54. The second kappa shape index (κ2) is 7.57. The van der Waals surface area contributed by atoms with E-state index in [1.165, 1.54) is 12.1 Å². The number of amides is 1. The number of alkyl halides is 3. The highest BCUT2D eigenvalue weighted by Crippen LogP contribution is 2.32. The van der Waals surface area contributed by atoms with Crippen LogP contribution < -0.4 is 15.8 Å². The first-order valence-corrected chi connectivity index (χ1v) is 7.72. The van der Waals surface area contributed by atoms with Gasteiger partial charge < -0.3 is 10.1 Å². The number of nitrogens with one attached hydrogen (secondary N) is 1. The van der Waals surface area contributed by atoms with Crippen molar-refractivity contribution in [1.82, 2.24) is 5.32 Å². The zero-order valence-electron chi connectivity index (χ0n) is 13.6. The van der Waals surface area contributed by atoms with E-state index < -0.39 is 23.4 Å². The van der Waals surface area contributed by atoms with Gasteiger partial charge in [0.25, 0.3) is 5.91 Å². The summed E-state index contributed by atoms with van der Waals surface area (Å²) in [5.41, 5.74) is 4.22. The number of benzene rings is 2. The van der Waals surface area contributed by atoms with E-state index in [-0.39, 0.29) is 18.7 Å². The number of nitrogens with two attached hydrogens (primary N) is 1. The third-order valence-corrected chi connectivity index (χ3v) is 3.67. The molecule has 134 valence electrons. The molecule has 0 unspecified atom stereocenters. The molecule has 0 radical (unpaired) electrons. The summed E-state index contributed by atoms with van der Waals surface area (Å²) in [4.78, 5) is 12.4. The van der Waals surface area contributed by atoms with Crippen LogP contribution in [0, 0.1) is 0 Å². The minimum absolute atomic E-state index is 0.0872. The van der Waals surface area contributed by atoms with Crippen molar-refractivity contribution < 1.29 is 22.7 Å². The Kier molecular flexibility index (Phi) is 5.69. The average Bonchev–Trinajstić information content (AvgIpc) is 2.60. The van der Waals surface area contributed by atoms with Crippen LogP contribution in [0.4, 0.5) is 13.2 Å². The fourth-order valence-electron chi connectivity index (χ4n) is 2.15. The molecule has 0 aliphatic heterocycles. The molecule has 0 saturated heterocycles. The molecule has 3 N–H and O–H groups in total. The number of hydrogen-bond donors (Lipinski definition) is 2. The molecule has 0 spiro atoms. The molecule has 1 amide bonds. The lowest BCUT2D eigenvalue weighted by Gasteiger charge is -2.28. The number of hydrogen-bond acceptors (Lipinski definition) is 3. The van der Waals surface area contributed by atoms with Crippen LogP contribution in [0.2, 0.25) is 0 Å². The molecule has 0 bridgehead atoms. The molecule has 25 heavy (non-hydrogen) atoms. The Morgan fingerprint density at radius 2 is 1.80 bits per heavy atom. The second-order valence-corrected chi connectivity index (χ2v) is 5.54. The highest BCUT2D eigenvalue weighted by molar-refractivity contribution is 5.84. The molecule has 0 heterocycles. The fourth-order valence-corrected chi connectivity index (χ4v) is 2.15. The number of rotatable bonds is 6. The summed E-state index contributed by atoms with van der Waals surface area (Å²) in [6.07, 6.45) is -4.41. The van der Waals surface area contributed by atoms with Gasteiger partial charge in [0, 0.05) is 13.0 Å². The molecule has 7 heteroatoms. The standard InChI is InChI=1S/C18H19F3N2O2/c1-2-17(22,16(24)23-12-13-7-4-3-5-8-13)25-15-10-6-9-14(11-15)18(19,20)21/h3-11H,2,12,22H2,1H3,(H,23,24)/t17-/m0/s1. The Balaban J connectivity index is 2.10. The number of carbonyl (C=O) groups excluding carboxylic acids is 1. The van der Waals surface area contributed by atoms with Gasteiger partial charge in [-0.2, -0.15) is 13.2 Å². The monoisotopic (exact) mass is 352 g/mol. The van der Waals surface area contributed by atoms with Crippen molar-refractivity contribution in [1.29, 1.82) is 0 Å². The van der Waals surface area contributed by atoms with E-state index in [1.54, 1.807) is 6.92 Å². The van der Waals surface area contributed by atoms with Crippen molar-refractivity contribution in [3.05, 3.63) is 65.7 Å². The van der Waals surface area contributed by atoms with Crippen molar-refractivity contribution in [2.24, 2.45) is 5.73 Å². The smallest absolute Gasteiger partial charge is 0.416 e. The van der Waals surface area contributed by atoms with E-state index >= 15 is 0 Å². The van der Waals surface area contributed by atoms with E-state index in [9.17, 15) is 18.0 Å². The first-order valence-electron chi connectivity index (χ1n) is 7.72. The lowest BCUT2D eigenvalue weighted by atomic mass is 10.1. The van der Waals surface area contributed by atoms with Crippen LogP contribution in [-0.4, -0.2) is 11.6 Å². The van der Waals surface area contributed by atoms with Crippen molar-refractivity contribution in [3.8, 4) is 5.75 Å². The summed E-state index contributed by atoms with van der Waals surface area (Å²) in [5, 5.41) is 2.64. The molecule has 4 nitrogen and oxygen atoms in total. The highest BCUT2D eigenvalue weighted by atomic mass is 19.4. The van der Waals surface area contributed by atoms with Crippen LogP contribution in [-0.2, 0) is 17.5 Å². The van der Waals surface area contributed by atoms with E-state index in [4.69, 9.17) is 10.5 Å². The third-order valence-electron chi connectivity index (χ3n) is 3.67. The lowest BCUT2D eigenvalue weighted by molar-refractivity contribution is -0.138. The van der Waals surface area contributed by atoms with Gasteiger partial charge >= 0.3 is 6.18 Å². The van der Waals surface area contributed by atoms with Gasteiger partial charge in [0.05, 0.1) is 5.56 Å². The maximum atomic E-state index is 12.8. The predicted molar refractivity (Wildman–Crippen MR) is 87.6 cm³/mol.